The predicted molar refractivity (Wildman–Crippen MR) is 58.1 cm³/mol. The molecule has 1 spiro atoms. The number of nitrogens with one attached hydrogen (secondary N) is 1. The zero-order valence-corrected chi connectivity index (χ0v) is 9.95. The molecule has 2 atom stereocenters. The zero-order valence-electron chi connectivity index (χ0n) is 9.95. The lowest BCUT2D eigenvalue weighted by Gasteiger charge is -2.45. The van der Waals surface area contributed by atoms with Gasteiger partial charge in [0.05, 0.1) is 19.3 Å². The lowest BCUT2D eigenvalue weighted by Crippen LogP contribution is -2.51. The fourth-order valence-corrected chi connectivity index (χ4v) is 3.48. The first-order chi connectivity index (χ1) is 8.13. The van der Waals surface area contributed by atoms with Crippen molar-refractivity contribution in [1.82, 2.24) is 5.32 Å². The molecule has 0 radical (unpaired) electrons. The first-order valence-corrected chi connectivity index (χ1v) is 6.14. The topological polar surface area (TPSA) is 64.6 Å². The molecule has 1 amide bonds. The van der Waals surface area contributed by atoms with Crippen LogP contribution in [-0.4, -0.2) is 37.7 Å². The van der Waals surface area contributed by atoms with Crippen LogP contribution in [0.15, 0.2) is 0 Å². The Morgan fingerprint density at radius 1 is 1.47 bits per heavy atom. The van der Waals surface area contributed by atoms with Gasteiger partial charge in [0.2, 0.25) is 0 Å². The molecule has 2 aliphatic carbocycles. The molecule has 0 aromatic carbocycles. The summed E-state index contributed by atoms with van der Waals surface area (Å²) in [6, 6.07) is 0. The van der Waals surface area contributed by atoms with Crippen molar-refractivity contribution in [3.8, 4) is 0 Å². The Morgan fingerprint density at radius 3 is 2.76 bits per heavy atom. The summed E-state index contributed by atoms with van der Waals surface area (Å²) in [5.74, 6) is -0.894. The largest absolute Gasteiger partial charge is 0.462 e. The van der Waals surface area contributed by atoms with Crippen molar-refractivity contribution in [2.45, 2.75) is 31.3 Å². The molecule has 1 heterocycles. The predicted octanol–water partition coefficient (Wildman–Crippen LogP) is 0.235. The Bertz CT molecular complexity index is 377. The van der Waals surface area contributed by atoms with Gasteiger partial charge >= 0.3 is 11.9 Å². The third kappa shape index (κ3) is 1.35. The molecule has 0 aromatic heterocycles. The van der Waals surface area contributed by atoms with E-state index < -0.39 is 11.9 Å². The number of fused-ring (bicyclic) bond motifs is 2. The normalized spacial score (nSPS) is 35.9. The molecule has 1 N–H and O–H groups in total. The molecule has 5 heteroatoms. The highest BCUT2D eigenvalue weighted by Gasteiger charge is 2.73. The number of amides is 1. The van der Waals surface area contributed by atoms with E-state index in [1.54, 1.807) is 0 Å². The molecule has 17 heavy (non-hydrogen) atoms. The summed E-state index contributed by atoms with van der Waals surface area (Å²) >= 11 is 0. The summed E-state index contributed by atoms with van der Waals surface area (Å²) in [5, 5.41) is 2.69. The quantitative estimate of drug-likeness (QED) is 0.553. The minimum atomic E-state index is -0.819. The standard InChI is InChI=1S/C12H17NO4/c1-16-10(15)9(14)13-7-11-5-8(11)6-17-12(11)3-2-4-12/h8H,2-7H2,1H3,(H,13,14). The average Bonchev–Trinajstić information content (AvgIpc) is 2.91. The van der Waals surface area contributed by atoms with Crippen LogP contribution in [0.3, 0.4) is 0 Å². The second-order valence-electron chi connectivity index (χ2n) is 5.39. The van der Waals surface area contributed by atoms with Gasteiger partial charge in [-0.2, -0.15) is 0 Å². The van der Waals surface area contributed by atoms with Crippen LogP contribution in [0.5, 0.6) is 0 Å². The molecule has 5 nitrogen and oxygen atoms in total. The van der Waals surface area contributed by atoms with Crippen molar-refractivity contribution in [1.29, 1.82) is 0 Å². The maximum absolute atomic E-state index is 11.4. The monoisotopic (exact) mass is 239 g/mol. The van der Waals surface area contributed by atoms with Crippen LogP contribution >= 0.6 is 0 Å². The van der Waals surface area contributed by atoms with Gasteiger partial charge in [-0.15, -0.1) is 0 Å². The number of esters is 1. The van der Waals surface area contributed by atoms with E-state index in [1.807, 2.05) is 0 Å². The van der Waals surface area contributed by atoms with Crippen LogP contribution in [0.4, 0.5) is 0 Å². The number of rotatable bonds is 2. The van der Waals surface area contributed by atoms with Crippen LogP contribution in [0.25, 0.3) is 0 Å². The Morgan fingerprint density at radius 2 is 2.24 bits per heavy atom. The van der Waals surface area contributed by atoms with E-state index in [2.05, 4.69) is 10.1 Å². The molecule has 3 rings (SSSR count). The number of ether oxygens (including phenoxy) is 2. The minimum absolute atomic E-state index is 0.00106. The number of hydrogen-bond acceptors (Lipinski definition) is 4. The van der Waals surface area contributed by atoms with E-state index in [1.165, 1.54) is 13.5 Å². The van der Waals surface area contributed by atoms with E-state index in [4.69, 9.17) is 4.74 Å². The lowest BCUT2D eigenvalue weighted by atomic mass is 9.68. The summed E-state index contributed by atoms with van der Waals surface area (Å²) in [6.45, 7) is 1.36. The van der Waals surface area contributed by atoms with Crippen LogP contribution < -0.4 is 5.32 Å². The van der Waals surface area contributed by atoms with Crippen molar-refractivity contribution in [3.63, 3.8) is 0 Å². The SMILES string of the molecule is COC(=O)C(=O)NCC12CC1COC21CCC1. The molecular weight excluding hydrogens is 222 g/mol. The highest BCUT2D eigenvalue weighted by atomic mass is 16.5. The average molecular weight is 239 g/mol. The second-order valence-corrected chi connectivity index (χ2v) is 5.39. The second kappa shape index (κ2) is 3.45. The van der Waals surface area contributed by atoms with Crippen LogP contribution in [0, 0.1) is 11.3 Å². The minimum Gasteiger partial charge on any atom is -0.462 e. The van der Waals surface area contributed by atoms with E-state index in [0.29, 0.717) is 12.5 Å². The molecular formula is C12H17NO4. The van der Waals surface area contributed by atoms with Crippen LogP contribution in [0.1, 0.15) is 25.7 Å². The maximum Gasteiger partial charge on any atom is 0.396 e. The van der Waals surface area contributed by atoms with Gasteiger partial charge in [0.25, 0.3) is 0 Å². The molecule has 0 aromatic rings. The molecule has 2 saturated carbocycles. The molecule has 1 saturated heterocycles. The van der Waals surface area contributed by atoms with Gasteiger partial charge < -0.3 is 14.8 Å². The molecule has 3 aliphatic rings. The number of carbonyl (C=O) groups excluding carboxylic acids is 2. The van der Waals surface area contributed by atoms with Crippen LogP contribution in [0.2, 0.25) is 0 Å². The summed E-state index contributed by atoms with van der Waals surface area (Å²) in [4.78, 5) is 22.4. The first kappa shape index (κ1) is 11.0. The van der Waals surface area contributed by atoms with Gasteiger partial charge in [0.15, 0.2) is 0 Å². The third-order valence-electron chi connectivity index (χ3n) is 4.80. The van der Waals surface area contributed by atoms with Crippen LogP contribution in [-0.2, 0) is 19.1 Å². The zero-order chi connectivity index (χ0) is 12.1. The molecule has 2 unspecified atom stereocenters. The Labute approximate surface area is 99.8 Å². The maximum atomic E-state index is 11.4. The summed E-state index contributed by atoms with van der Waals surface area (Å²) in [5.41, 5.74) is 0.107. The molecule has 3 fully saturated rings. The van der Waals surface area contributed by atoms with Gasteiger partial charge in [0.1, 0.15) is 0 Å². The Balaban J connectivity index is 1.62. The molecule has 94 valence electrons. The van der Waals surface area contributed by atoms with Gasteiger partial charge in [-0.3, -0.25) is 4.79 Å². The van der Waals surface area contributed by atoms with Gasteiger partial charge in [-0.25, -0.2) is 4.79 Å². The molecule has 1 aliphatic heterocycles. The Hall–Kier alpha value is -1.10. The third-order valence-corrected chi connectivity index (χ3v) is 4.80. The van der Waals surface area contributed by atoms with E-state index in [9.17, 15) is 9.59 Å². The lowest BCUT2D eigenvalue weighted by molar-refractivity contribution is -0.153. The number of methoxy groups -OCH3 is 1. The van der Waals surface area contributed by atoms with Gasteiger partial charge in [0, 0.05) is 12.0 Å². The van der Waals surface area contributed by atoms with Crippen molar-refractivity contribution < 1.29 is 19.1 Å². The van der Waals surface area contributed by atoms with E-state index >= 15 is 0 Å². The van der Waals surface area contributed by atoms with Crippen molar-refractivity contribution in [3.05, 3.63) is 0 Å². The van der Waals surface area contributed by atoms with Crippen molar-refractivity contribution in [2.24, 2.45) is 11.3 Å². The fourth-order valence-electron chi connectivity index (χ4n) is 3.48. The van der Waals surface area contributed by atoms with Gasteiger partial charge in [-0.1, -0.05) is 0 Å². The highest BCUT2D eigenvalue weighted by molar-refractivity contribution is 6.32. The number of hydrogen-bond donors (Lipinski definition) is 1. The van der Waals surface area contributed by atoms with E-state index in [0.717, 1.165) is 25.9 Å². The fraction of sp³-hybridized carbons (Fsp3) is 0.833. The smallest absolute Gasteiger partial charge is 0.396 e. The first-order valence-electron chi connectivity index (χ1n) is 6.14. The molecule has 0 bridgehead atoms. The summed E-state index contributed by atoms with van der Waals surface area (Å²) in [7, 11) is 1.21. The van der Waals surface area contributed by atoms with E-state index in [-0.39, 0.29) is 11.0 Å². The summed E-state index contributed by atoms with van der Waals surface area (Å²) < 4.78 is 10.3. The summed E-state index contributed by atoms with van der Waals surface area (Å²) in [6.07, 6.45) is 4.52. The van der Waals surface area contributed by atoms with Crippen molar-refractivity contribution >= 4 is 11.9 Å². The number of carbonyl (C=O) groups is 2. The Kier molecular flexibility index (Phi) is 2.23. The van der Waals surface area contributed by atoms with Crippen molar-refractivity contribution in [2.75, 3.05) is 20.3 Å². The highest BCUT2D eigenvalue weighted by Crippen LogP contribution is 2.70. The van der Waals surface area contributed by atoms with Gasteiger partial charge in [-0.05, 0) is 31.6 Å².